The Morgan fingerprint density at radius 3 is 2.69 bits per heavy atom. The van der Waals surface area contributed by atoms with Crippen LogP contribution < -0.4 is 4.74 Å². The standard InChI is InChI=1S/C15H23O/c1-3-5-6-7-8-12-16-15-11-9-10-14(4-2)13-15/h9-11,13H,2-8,12H2,1H3. The second-order valence-electron chi connectivity index (χ2n) is 4.16. The Hall–Kier alpha value is -0.980. The van der Waals surface area contributed by atoms with Gasteiger partial charge in [-0.25, -0.2) is 0 Å². The number of hydrogen-bond acceptors (Lipinski definition) is 1. The molecule has 0 unspecified atom stereocenters. The van der Waals surface area contributed by atoms with Crippen LogP contribution in [0.4, 0.5) is 0 Å². The van der Waals surface area contributed by atoms with Crippen LogP contribution in [0.5, 0.6) is 5.75 Å². The van der Waals surface area contributed by atoms with E-state index >= 15 is 0 Å². The van der Waals surface area contributed by atoms with Gasteiger partial charge in [-0.15, -0.1) is 0 Å². The molecule has 89 valence electrons. The predicted octanol–water partition coefficient (Wildman–Crippen LogP) is 4.41. The van der Waals surface area contributed by atoms with Gasteiger partial charge in [-0.2, -0.15) is 0 Å². The zero-order valence-electron chi connectivity index (χ0n) is 10.4. The van der Waals surface area contributed by atoms with Gasteiger partial charge in [0.2, 0.25) is 0 Å². The predicted molar refractivity (Wildman–Crippen MR) is 69.8 cm³/mol. The van der Waals surface area contributed by atoms with Gasteiger partial charge in [0.05, 0.1) is 6.61 Å². The second-order valence-corrected chi connectivity index (χ2v) is 4.16. The monoisotopic (exact) mass is 219 g/mol. The molecular weight excluding hydrogens is 196 g/mol. The summed E-state index contributed by atoms with van der Waals surface area (Å²) < 4.78 is 5.70. The van der Waals surface area contributed by atoms with Crippen LogP contribution in [0.3, 0.4) is 0 Å². The Bertz CT molecular complexity index is 281. The van der Waals surface area contributed by atoms with Crippen LogP contribution >= 0.6 is 0 Å². The largest absolute Gasteiger partial charge is 0.494 e. The van der Waals surface area contributed by atoms with Gasteiger partial charge >= 0.3 is 0 Å². The lowest BCUT2D eigenvalue weighted by Gasteiger charge is -2.07. The first-order chi connectivity index (χ1) is 7.86. The fourth-order valence-corrected chi connectivity index (χ4v) is 1.69. The van der Waals surface area contributed by atoms with Crippen LogP contribution in [0.25, 0.3) is 0 Å². The van der Waals surface area contributed by atoms with Gasteiger partial charge in [0, 0.05) is 0 Å². The van der Waals surface area contributed by atoms with Crippen molar-refractivity contribution in [3.63, 3.8) is 0 Å². The second kappa shape index (κ2) is 8.20. The molecule has 0 saturated carbocycles. The molecule has 1 nitrogen and oxygen atoms in total. The van der Waals surface area contributed by atoms with E-state index < -0.39 is 0 Å². The lowest BCUT2D eigenvalue weighted by molar-refractivity contribution is 0.304. The highest BCUT2D eigenvalue weighted by molar-refractivity contribution is 5.28. The van der Waals surface area contributed by atoms with Gasteiger partial charge in [0.1, 0.15) is 5.75 Å². The first-order valence-corrected chi connectivity index (χ1v) is 6.37. The van der Waals surface area contributed by atoms with E-state index in [1.807, 2.05) is 12.1 Å². The maximum atomic E-state index is 5.70. The molecule has 0 saturated heterocycles. The summed E-state index contributed by atoms with van der Waals surface area (Å²) in [6.07, 6.45) is 7.24. The molecular formula is C15H23O. The normalized spacial score (nSPS) is 10.4. The maximum Gasteiger partial charge on any atom is 0.119 e. The topological polar surface area (TPSA) is 9.23 Å². The summed E-state index contributed by atoms with van der Waals surface area (Å²) in [5.41, 5.74) is 1.24. The van der Waals surface area contributed by atoms with E-state index in [-0.39, 0.29) is 0 Å². The molecule has 0 aliphatic heterocycles. The summed E-state index contributed by atoms with van der Waals surface area (Å²) in [4.78, 5) is 0. The van der Waals surface area contributed by atoms with Gasteiger partial charge in [-0.05, 0) is 37.5 Å². The van der Waals surface area contributed by atoms with Crippen molar-refractivity contribution in [3.05, 3.63) is 36.8 Å². The molecule has 0 aromatic heterocycles. The average Bonchev–Trinajstić information content (AvgIpc) is 2.34. The Labute approximate surface area is 99.8 Å². The summed E-state index contributed by atoms with van der Waals surface area (Å²) >= 11 is 0. The SMILES string of the molecule is [CH2]Cc1cccc(OCCCCCCC)c1. The van der Waals surface area contributed by atoms with Gasteiger partial charge in [-0.1, -0.05) is 44.7 Å². The third kappa shape index (κ3) is 5.20. The third-order valence-corrected chi connectivity index (χ3v) is 2.70. The van der Waals surface area contributed by atoms with E-state index in [1.54, 1.807) is 0 Å². The van der Waals surface area contributed by atoms with Crippen molar-refractivity contribution >= 4 is 0 Å². The highest BCUT2D eigenvalue weighted by Gasteiger charge is 1.95. The zero-order chi connectivity index (χ0) is 11.6. The minimum Gasteiger partial charge on any atom is -0.494 e. The number of hydrogen-bond donors (Lipinski definition) is 0. The van der Waals surface area contributed by atoms with Crippen LogP contribution in [0.1, 0.15) is 44.6 Å². The van der Waals surface area contributed by atoms with Crippen LogP contribution in [-0.2, 0) is 6.42 Å². The van der Waals surface area contributed by atoms with E-state index in [4.69, 9.17) is 4.74 Å². The van der Waals surface area contributed by atoms with Crippen LogP contribution in [0.2, 0.25) is 0 Å². The molecule has 1 heteroatoms. The molecule has 1 radical (unpaired) electrons. The van der Waals surface area contributed by atoms with Crippen molar-refractivity contribution in [1.82, 2.24) is 0 Å². The van der Waals surface area contributed by atoms with E-state index in [0.717, 1.165) is 25.2 Å². The minimum absolute atomic E-state index is 0.827. The van der Waals surface area contributed by atoms with E-state index in [9.17, 15) is 0 Å². The molecule has 16 heavy (non-hydrogen) atoms. The van der Waals surface area contributed by atoms with Crippen molar-refractivity contribution in [2.24, 2.45) is 0 Å². The molecule has 0 fully saturated rings. The third-order valence-electron chi connectivity index (χ3n) is 2.70. The number of ether oxygens (including phenoxy) is 1. The van der Waals surface area contributed by atoms with Crippen molar-refractivity contribution in [2.45, 2.75) is 45.4 Å². The van der Waals surface area contributed by atoms with Gasteiger partial charge < -0.3 is 4.74 Å². The Balaban J connectivity index is 2.16. The van der Waals surface area contributed by atoms with Crippen LogP contribution in [-0.4, -0.2) is 6.61 Å². The summed E-state index contributed by atoms with van der Waals surface area (Å²) in [6.45, 7) is 6.95. The first-order valence-electron chi connectivity index (χ1n) is 6.37. The van der Waals surface area contributed by atoms with Crippen LogP contribution in [0.15, 0.2) is 24.3 Å². The molecule has 0 N–H and O–H groups in total. The fourth-order valence-electron chi connectivity index (χ4n) is 1.69. The summed E-state index contributed by atoms with van der Waals surface area (Å²) in [5.74, 6) is 0.983. The molecule has 1 aromatic carbocycles. The van der Waals surface area contributed by atoms with Gasteiger partial charge in [-0.3, -0.25) is 0 Å². The highest BCUT2D eigenvalue weighted by Crippen LogP contribution is 2.14. The van der Waals surface area contributed by atoms with Crippen LogP contribution in [0, 0.1) is 6.92 Å². The lowest BCUT2D eigenvalue weighted by atomic mass is 10.1. The molecule has 0 heterocycles. The lowest BCUT2D eigenvalue weighted by Crippen LogP contribution is -1.97. The Morgan fingerprint density at radius 1 is 1.12 bits per heavy atom. The number of unbranched alkanes of at least 4 members (excludes halogenated alkanes) is 4. The molecule has 1 rings (SSSR count). The zero-order valence-corrected chi connectivity index (χ0v) is 10.4. The highest BCUT2D eigenvalue weighted by atomic mass is 16.5. The smallest absolute Gasteiger partial charge is 0.119 e. The van der Waals surface area contributed by atoms with Crippen molar-refractivity contribution in [2.75, 3.05) is 6.61 Å². The quantitative estimate of drug-likeness (QED) is 0.588. The molecule has 0 atom stereocenters. The number of benzene rings is 1. The Morgan fingerprint density at radius 2 is 1.94 bits per heavy atom. The van der Waals surface area contributed by atoms with E-state index in [0.29, 0.717) is 0 Å². The van der Waals surface area contributed by atoms with Gasteiger partial charge in [0.15, 0.2) is 0 Å². The van der Waals surface area contributed by atoms with Crippen molar-refractivity contribution in [3.8, 4) is 5.75 Å². The molecule has 1 aromatic rings. The Kier molecular flexibility index (Phi) is 6.71. The summed E-state index contributed by atoms with van der Waals surface area (Å²) in [7, 11) is 0. The first kappa shape index (κ1) is 13.1. The van der Waals surface area contributed by atoms with Crippen molar-refractivity contribution in [1.29, 1.82) is 0 Å². The van der Waals surface area contributed by atoms with E-state index in [1.165, 1.54) is 31.2 Å². The molecule has 0 bridgehead atoms. The molecule has 0 aliphatic rings. The number of rotatable bonds is 8. The molecule has 0 spiro atoms. The van der Waals surface area contributed by atoms with Gasteiger partial charge in [0.25, 0.3) is 0 Å². The molecule has 0 amide bonds. The summed E-state index contributed by atoms with van der Waals surface area (Å²) in [5, 5.41) is 0. The average molecular weight is 219 g/mol. The fraction of sp³-hybridized carbons (Fsp3) is 0.533. The van der Waals surface area contributed by atoms with E-state index in [2.05, 4.69) is 26.0 Å². The summed E-state index contributed by atoms with van der Waals surface area (Å²) in [6, 6.07) is 8.22. The maximum absolute atomic E-state index is 5.70. The van der Waals surface area contributed by atoms with Crippen molar-refractivity contribution < 1.29 is 4.74 Å². The molecule has 0 aliphatic carbocycles. The minimum atomic E-state index is 0.827.